The second kappa shape index (κ2) is 4.06. The van der Waals surface area contributed by atoms with Crippen LogP contribution in [0.5, 0.6) is 0 Å². The van der Waals surface area contributed by atoms with Crippen LogP contribution in [0.2, 0.25) is 0 Å². The molecule has 1 aromatic rings. The number of anilines is 1. The Morgan fingerprint density at radius 1 is 1.25 bits per heavy atom. The third-order valence-corrected chi connectivity index (χ3v) is 4.01. The van der Waals surface area contributed by atoms with Crippen molar-refractivity contribution in [3.63, 3.8) is 0 Å². The van der Waals surface area contributed by atoms with E-state index in [0.717, 1.165) is 17.9 Å². The molecule has 3 nitrogen and oxygen atoms in total. The van der Waals surface area contributed by atoms with Gasteiger partial charge in [0.25, 0.3) is 0 Å². The van der Waals surface area contributed by atoms with E-state index in [9.17, 15) is 0 Å². The highest BCUT2D eigenvalue weighted by molar-refractivity contribution is 5.38. The molecule has 16 heavy (non-hydrogen) atoms. The van der Waals surface area contributed by atoms with E-state index in [-0.39, 0.29) is 0 Å². The molecule has 0 spiro atoms. The number of piperidine rings is 1. The number of nitrogens with one attached hydrogen (secondary N) is 1. The maximum atomic E-state index is 4.43. The monoisotopic (exact) mass is 217 g/mol. The highest BCUT2D eigenvalue weighted by atomic mass is 15.2. The smallest absolute Gasteiger partial charge is 0.128 e. The van der Waals surface area contributed by atoms with Gasteiger partial charge in [-0.3, -0.25) is 0 Å². The molecule has 1 N–H and O–H groups in total. The lowest BCUT2D eigenvalue weighted by molar-refractivity contribution is 0.354. The van der Waals surface area contributed by atoms with Crippen molar-refractivity contribution >= 4 is 5.82 Å². The summed E-state index contributed by atoms with van der Waals surface area (Å²) in [6, 6.07) is 8.29. The Morgan fingerprint density at radius 3 is 2.62 bits per heavy atom. The summed E-state index contributed by atoms with van der Waals surface area (Å²) < 4.78 is 0. The van der Waals surface area contributed by atoms with Crippen LogP contribution in [0.15, 0.2) is 24.4 Å². The van der Waals surface area contributed by atoms with Gasteiger partial charge in [0.05, 0.1) is 0 Å². The van der Waals surface area contributed by atoms with E-state index in [1.165, 1.54) is 25.7 Å². The fraction of sp³-hybridized carbons (Fsp3) is 0.615. The van der Waals surface area contributed by atoms with Crippen LogP contribution in [0, 0.1) is 0 Å². The van der Waals surface area contributed by atoms with E-state index in [0.29, 0.717) is 6.04 Å². The van der Waals surface area contributed by atoms with Crippen LogP contribution in [0.1, 0.15) is 25.7 Å². The zero-order valence-electron chi connectivity index (χ0n) is 9.76. The van der Waals surface area contributed by atoms with Crippen LogP contribution in [0.4, 0.5) is 5.82 Å². The number of hydrogen-bond acceptors (Lipinski definition) is 3. The first kappa shape index (κ1) is 10.1. The number of hydrogen-bond donors (Lipinski definition) is 1. The molecule has 2 fully saturated rings. The number of aromatic nitrogens is 1. The first-order valence-corrected chi connectivity index (χ1v) is 6.23. The van der Waals surface area contributed by atoms with Crippen molar-refractivity contribution in [1.29, 1.82) is 0 Å². The van der Waals surface area contributed by atoms with Crippen molar-refractivity contribution in [2.24, 2.45) is 0 Å². The predicted molar refractivity (Wildman–Crippen MR) is 65.6 cm³/mol. The topological polar surface area (TPSA) is 28.2 Å². The van der Waals surface area contributed by atoms with Crippen molar-refractivity contribution in [3.05, 3.63) is 24.4 Å². The molecule has 0 saturated carbocycles. The van der Waals surface area contributed by atoms with Gasteiger partial charge in [0.1, 0.15) is 5.82 Å². The Balaban J connectivity index is 1.73. The minimum Gasteiger partial charge on any atom is -0.357 e. The van der Waals surface area contributed by atoms with E-state index in [4.69, 9.17) is 0 Å². The van der Waals surface area contributed by atoms with Gasteiger partial charge >= 0.3 is 0 Å². The zero-order chi connectivity index (χ0) is 11.0. The van der Waals surface area contributed by atoms with E-state index in [2.05, 4.69) is 34.4 Å². The number of fused-ring (bicyclic) bond motifs is 2. The summed E-state index contributed by atoms with van der Waals surface area (Å²) in [7, 11) is 2.18. The number of nitrogens with zero attached hydrogens (tertiary/aromatic N) is 2. The van der Waals surface area contributed by atoms with Gasteiger partial charge in [0.2, 0.25) is 0 Å². The Kier molecular flexibility index (Phi) is 2.56. The van der Waals surface area contributed by atoms with Crippen LogP contribution in [0.3, 0.4) is 0 Å². The molecule has 3 rings (SSSR count). The van der Waals surface area contributed by atoms with E-state index >= 15 is 0 Å². The second-order valence-corrected chi connectivity index (χ2v) is 5.06. The molecule has 1 unspecified atom stereocenters. The lowest BCUT2D eigenvalue weighted by Crippen LogP contribution is -2.47. The maximum Gasteiger partial charge on any atom is 0.128 e. The lowest BCUT2D eigenvalue weighted by atomic mass is 9.98. The SMILES string of the molecule is CN(c1ccccn1)C1C[C@H]2CC[C@@H](C1)N2. The Labute approximate surface area is 96.9 Å². The Bertz CT molecular complexity index is 339. The van der Waals surface area contributed by atoms with Gasteiger partial charge in [-0.05, 0) is 37.8 Å². The summed E-state index contributed by atoms with van der Waals surface area (Å²) in [5.74, 6) is 1.11. The highest BCUT2D eigenvalue weighted by Gasteiger charge is 2.35. The molecule has 3 heteroatoms. The molecular formula is C13H19N3. The van der Waals surface area contributed by atoms with E-state index < -0.39 is 0 Å². The van der Waals surface area contributed by atoms with Crippen LogP contribution in [-0.4, -0.2) is 30.2 Å². The molecule has 2 aliphatic rings. The quantitative estimate of drug-likeness (QED) is 0.818. The summed E-state index contributed by atoms with van der Waals surface area (Å²) in [6.45, 7) is 0. The van der Waals surface area contributed by atoms with E-state index in [1.807, 2.05) is 12.3 Å². The summed E-state index contributed by atoms with van der Waals surface area (Å²) in [5, 5.41) is 3.68. The molecule has 1 aromatic heterocycles. The molecule has 3 atom stereocenters. The molecule has 3 heterocycles. The highest BCUT2D eigenvalue weighted by Crippen LogP contribution is 2.30. The molecule has 2 saturated heterocycles. The maximum absolute atomic E-state index is 4.43. The fourth-order valence-corrected chi connectivity index (χ4v) is 3.09. The number of pyridine rings is 1. The molecule has 0 amide bonds. The lowest BCUT2D eigenvalue weighted by Gasteiger charge is -2.36. The molecule has 0 radical (unpaired) electrons. The van der Waals surface area contributed by atoms with Gasteiger partial charge in [0, 0.05) is 31.4 Å². The minimum absolute atomic E-state index is 0.661. The zero-order valence-corrected chi connectivity index (χ0v) is 9.76. The van der Waals surface area contributed by atoms with Gasteiger partial charge in [0.15, 0.2) is 0 Å². The van der Waals surface area contributed by atoms with Crippen molar-refractivity contribution < 1.29 is 0 Å². The normalized spacial score (nSPS) is 32.7. The third-order valence-electron chi connectivity index (χ3n) is 4.01. The van der Waals surface area contributed by atoms with Crippen molar-refractivity contribution in [3.8, 4) is 0 Å². The van der Waals surface area contributed by atoms with Gasteiger partial charge in [-0.1, -0.05) is 6.07 Å². The van der Waals surface area contributed by atoms with Crippen molar-refractivity contribution in [1.82, 2.24) is 10.3 Å². The van der Waals surface area contributed by atoms with Gasteiger partial charge in [-0.25, -0.2) is 4.98 Å². The van der Waals surface area contributed by atoms with Gasteiger partial charge in [-0.2, -0.15) is 0 Å². The first-order chi connectivity index (χ1) is 7.83. The average molecular weight is 217 g/mol. The molecule has 0 aromatic carbocycles. The van der Waals surface area contributed by atoms with Gasteiger partial charge in [-0.15, -0.1) is 0 Å². The minimum atomic E-state index is 0.661. The molecule has 86 valence electrons. The Hall–Kier alpha value is -1.09. The largest absolute Gasteiger partial charge is 0.357 e. The Morgan fingerprint density at radius 2 is 2.00 bits per heavy atom. The first-order valence-electron chi connectivity index (χ1n) is 6.23. The molecule has 0 aliphatic carbocycles. The molecular weight excluding hydrogens is 198 g/mol. The average Bonchev–Trinajstić information content (AvgIpc) is 2.68. The summed E-state index contributed by atoms with van der Waals surface area (Å²) in [6.07, 6.45) is 7.13. The van der Waals surface area contributed by atoms with Crippen LogP contribution >= 0.6 is 0 Å². The second-order valence-electron chi connectivity index (χ2n) is 5.06. The molecule has 2 bridgehead atoms. The summed E-state index contributed by atoms with van der Waals surface area (Å²) in [5.41, 5.74) is 0. The van der Waals surface area contributed by atoms with Gasteiger partial charge < -0.3 is 10.2 Å². The number of rotatable bonds is 2. The van der Waals surface area contributed by atoms with Crippen LogP contribution in [0.25, 0.3) is 0 Å². The van der Waals surface area contributed by atoms with Crippen LogP contribution in [-0.2, 0) is 0 Å². The van der Waals surface area contributed by atoms with E-state index in [1.54, 1.807) is 0 Å². The van der Waals surface area contributed by atoms with Crippen molar-refractivity contribution in [2.45, 2.75) is 43.8 Å². The van der Waals surface area contributed by atoms with Crippen molar-refractivity contribution in [2.75, 3.05) is 11.9 Å². The molecule has 2 aliphatic heterocycles. The standard InChI is InChI=1S/C13H19N3/c1-16(13-4-2-3-7-14-13)12-8-10-5-6-11(9-12)15-10/h2-4,7,10-12,15H,5-6,8-9H2,1H3/t10-,11+,12?. The van der Waals surface area contributed by atoms with Crippen LogP contribution < -0.4 is 10.2 Å². The summed E-state index contributed by atoms with van der Waals surface area (Å²) >= 11 is 0. The summed E-state index contributed by atoms with van der Waals surface area (Å²) in [4.78, 5) is 6.78. The fourth-order valence-electron chi connectivity index (χ4n) is 3.09. The predicted octanol–water partition coefficient (Wildman–Crippen LogP) is 1.80. The third kappa shape index (κ3) is 1.80.